The molecule has 3 heterocycles. The third-order valence-corrected chi connectivity index (χ3v) is 6.65. The number of pyridine rings is 1. The van der Waals surface area contributed by atoms with Crippen LogP contribution in [0.4, 0.5) is 8.78 Å². The average Bonchev–Trinajstić information content (AvgIpc) is 2.83. The second-order valence-corrected chi connectivity index (χ2v) is 9.11. The highest BCUT2D eigenvalue weighted by Crippen LogP contribution is 2.24. The minimum Gasteiger partial charge on any atom is -0.346 e. The zero-order valence-corrected chi connectivity index (χ0v) is 18.9. The first kappa shape index (κ1) is 23.3. The molecular weight excluding hydrogens is 426 g/mol. The van der Waals surface area contributed by atoms with Crippen molar-refractivity contribution >= 4 is 11.8 Å². The number of hydrogen-bond donors (Lipinski definition) is 1. The highest BCUT2D eigenvalue weighted by atomic mass is 19.1. The first-order chi connectivity index (χ1) is 15.9. The summed E-state index contributed by atoms with van der Waals surface area (Å²) in [5.74, 6) is -1.27. The SMILES string of the molecule is CC1CCCN(C2CCN(C(=O)c3ccc(C(=O)NCc4ncc(F)cc4F)cc3)CC2)C1. The van der Waals surface area contributed by atoms with Gasteiger partial charge in [0.15, 0.2) is 0 Å². The van der Waals surface area contributed by atoms with Gasteiger partial charge in [-0.2, -0.15) is 0 Å². The third kappa shape index (κ3) is 5.74. The van der Waals surface area contributed by atoms with E-state index in [1.165, 1.54) is 12.8 Å². The van der Waals surface area contributed by atoms with Gasteiger partial charge in [0, 0.05) is 42.9 Å². The van der Waals surface area contributed by atoms with Crippen molar-refractivity contribution in [3.05, 3.63) is 65.0 Å². The van der Waals surface area contributed by atoms with Gasteiger partial charge >= 0.3 is 0 Å². The normalized spacial score (nSPS) is 20.0. The monoisotopic (exact) mass is 456 g/mol. The standard InChI is InChI=1S/C25H30F2N4O2/c1-17-3-2-10-31(16-17)21-8-11-30(12-9-21)25(33)19-6-4-18(5-7-19)24(32)29-15-23-22(27)13-20(26)14-28-23/h4-7,13-14,17,21H,2-3,8-12,15-16H2,1H3,(H,29,32). The average molecular weight is 457 g/mol. The molecule has 0 radical (unpaired) electrons. The lowest BCUT2D eigenvalue weighted by atomic mass is 9.95. The smallest absolute Gasteiger partial charge is 0.253 e. The summed E-state index contributed by atoms with van der Waals surface area (Å²) in [7, 11) is 0. The molecule has 0 aliphatic carbocycles. The van der Waals surface area contributed by atoms with Crippen molar-refractivity contribution in [1.29, 1.82) is 0 Å². The molecule has 2 aliphatic heterocycles. The highest BCUT2D eigenvalue weighted by Gasteiger charge is 2.29. The topological polar surface area (TPSA) is 65.5 Å². The second kappa shape index (κ2) is 10.4. The van der Waals surface area contributed by atoms with E-state index < -0.39 is 17.5 Å². The molecule has 2 saturated heterocycles. The number of nitrogens with zero attached hydrogens (tertiary/aromatic N) is 3. The van der Waals surface area contributed by atoms with Crippen LogP contribution in [0.5, 0.6) is 0 Å². The quantitative estimate of drug-likeness (QED) is 0.746. The highest BCUT2D eigenvalue weighted by molar-refractivity contribution is 5.97. The fourth-order valence-electron chi connectivity index (χ4n) is 4.78. The number of benzene rings is 1. The maximum atomic E-state index is 13.7. The van der Waals surface area contributed by atoms with Crippen LogP contribution in [-0.4, -0.2) is 58.8 Å². The molecule has 2 aliphatic rings. The Hall–Kier alpha value is -2.87. The van der Waals surface area contributed by atoms with Crippen molar-refractivity contribution in [2.24, 2.45) is 5.92 Å². The zero-order chi connectivity index (χ0) is 23.4. The summed E-state index contributed by atoms with van der Waals surface area (Å²) in [6, 6.07) is 7.74. The van der Waals surface area contributed by atoms with Crippen LogP contribution in [0.25, 0.3) is 0 Å². The van der Waals surface area contributed by atoms with E-state index in [1.54, 1.807) is 24.3 Å². The van der Waals surface area contributed by atoms with Gasteiger partial charge in [0.25, 0.3) is 11.8 Å². The number of aromatic nitrogens is 1. The van der Waals surface area contributed by atoms with E-state index >= 15 is 0 Å². The third-order valence-electron chi connectivity index (χ3n) is 6.65. The Bertz CT molecular complexity index is 990. The number of nitrogens with one attached hydrogen (secondary N) is 1. The minimum absolute atomic E-state index is 0.0231. The molecule has 0 saturated carbocycles. The molecule has 2 aromatic rings. The van der Waals surface area contributed by atoms with Crippen LogP contribution in [0.3, 0.4) is 0 Å². The van der Waals surface area contributed by atoms with Crippen molar-refractivity contribution in [1.82, 2.24) is 20.1 Å². The van der Waals surface area contributed by atoms with Crippen molar-refractivity contribution in [2.75, 3.05) is 26.2 Å². The van der Waals surface area contributed by atoms with Crippen molar-refractivity contribution in [3.63, 3.8) is 0 Å². The lowest BCUT2D eigenvalue weighted by Gasteiger charge is -2.41. The van der Waals surface area contributed by atoms with Crippen LogP contribution in [0.15, 0.2) is 36.5 Å². The first-order valence-corrected chi connectivity index (χ1v) is 11.6. The van der Waals surface area contributed by atoms with E-state index in [4.69, 9.17) is 0 Å². The molecule has 33 heavy (non-hydrogen) atoms. The van der Waals surface area contributed by atoms with E-state index in [2.05, 4.69) is 22.1 Å². The summed E-state index contributed by atoms with van der Waals surface area (Å²) in [6.45, 7) is 5.96. The molecule has 6 nitrogen and oxygen atoms in total. The number of hydrogen-bond acceptors (Lipinski definition) is 4. The molecule has 0 spiro atoms. The molecule has 4 rings (SSSR count). The molecule has 2 fully saturated rings. The van der Waals surface area contributed by atoms with Gasteiger partial charge in [0.1, 0.15) is 11.6 Å². The fraction of sp³-hybridized carbons (Fsp3) is 0.480. The predicted octanol–water partition coefficient (Wildman–Crippen LogP) is 3.63. The predicted molar refractivity (Wildman–Crippen MR) is 121 cm³/mol. The van der Waals surface area contributed by atoms with E-state index in [9.17, 15) is 18.4 Å². The van der Waals surface area contributed by atoms with Gasteiger partial charge in [-0.25, -0.2) is 8.78 Å². The zero-order valence-electron chi connectivity index (χ0n) is 18.9. The molecule has 176 valence electrons. The van der Waals surface area contributed by atoms with Gasteiger partial charge in [-0.05, 0) is 62.4 Å². The number of rotatable bonds is 5. The van der Waals surface area contributed by atoms with Gasteiger partial charge < -0.3 is 10.2 Å². The van der Waals surface area contributed by atoms with Gasteiger partial charge in [0.2, 0.25) is 0 Å². The molecule has 1 unspecified atom stereocenters. The number of halogens is 2. The van der Waals surface area contributed by atoms with Crippen LogP contribution in [-0.2, 0) is 6.54 Å². The van der Waals surface area contributed by atoms with Gasteiger partial charge in [-0.3, -0.25) is 19.5 Å². The minimum atomic E-state index is -0.810. The molecule has 1 aromatic carbocycles. The number of carbonyl (C=O) groups is 2. The van der Waals surface area contributed by atoms with Gasteiger partial charge in [-0.15, -0.1) is 0 Å². The Labute approximate surface area is 193 Å². The van der Waals surface area contributed by atoms with Crippen LogP contribution in [0.1, 0.15) is 59.0 Å². The summed E-state index contributed by atoms with van der Waals surface area (Å²) in [6.07, 6.45) is 5.46. The Balaban J connectivity index is 1.28. The van der Waals surface area contributed by atoms with E-state index in [0.29, 0.717) is 17.2 Å². The lowest BCUT2D eigenvalue weighted by Crippen LogP contribution is -2.49. The summed E-state index contributed by atoms with van der Waals surface area (Å²) in [5, 5.41) is 2.56. The summed E-state index contributed by atoms with van der Waals surface area (Å²) >= 11 is 0. The Morgan fingerprint density at radius 2 is 1.76 bits per heavy atom. The Morgan fingerprint density at radius 1 is 1.06 bits per heavy atom. The molecule has 1 aromatic heterocycles. The van der Waals surface area contributed by atoms with Crippen LogP contribution in [0.2, 0.25) is 0 Å². The molecule has 1 N–H and O–H groups in total. The van der Waals surface area contributed by atoms with Crippen LogP contribution in [0, 0.1) is 17.6 Å². The molecular formula is C25H30F2N4O2. The lowest BCUT2D eigenvalue weighted by molar-refractivity contribution is 0.0541. The number of carbonyl (C=O) groups excluding carboxylic acids is 2. The molecule has 1 atom stereocenters. The first-order valence-electron chi connectivity index (χ1n) is 11.6. The maximum absolute atomic E-state index is 13.7. The number of amides is 2. The van der Waals surface area contributed by atoms with Crippen LogP contribution < -0.4 is 5.32 Å². The summed E-state index contributed by atoms with van der Waals surface area (Å²) < 4.78 is 26.6. The van der Waals surface area contributed by atoms with E-state index in [1.807, 2.05) is 4.90 Å². The largest absolute Gasteiger partial charge is 0.346 e. The van der Waals surface area contributed by atoms with Gasteiger partial charge in [0.05, 0.1) is 18.4 Å². The van der Waals surface area contributed by atoms with Crippen LogP contribution >= 0.6 is 0 Å². The Kier molecular flexibility index (Phi) is 7.33. The summed E-state index contributed by atoms with van der Waals surface area (Å²) in [4.78, 5) is 33.4. The van der Waals surface area contributed by atoms with Crippen molar-refractivity contribution in [3.8, 4) is 0 Å². The molecule has 2 amide bonds. The van der Waals surface area contributed by atoms with Crippen molar-refractivity contribution in [2.45, 2.75) is 45.2 Å². The number of piperidine rings is 2. The molecule has 0 bridgehead atoms. The summed E-state index contributed by atoms with van der Waals surface area (Å²) in [5.41, 5.74) is 0.855. The van der Waals surface area contributed by atoms with Gasteiger partial charge in [-0.1, -0.05) is 6.92 Å². The van der Waals surface area contributed by atoms with Crippen molar-refractivity contribution < 1.29 is 18.4 Å². The van der Waals surface area contributed by atoms with E-state index in [0.717, 1.165) is 57.2 Å². The maximum Gasteiger partial charge on any atom is 0.253 e. The second-order valence-electron chi connectivity index (χ2n) is 9.11. The Morgan fingerprint density at radius 3 is 2.42 bits per heavy atom. The fourth-order valence-corrected chi connectivity index (χ4v) is 4.78. The number of likely N-dealkylation sites (tertiary alicyclic amines) is 2. The van der Waals surface area contributed by atoms with E-state index in [-0.39, 0.29) is 18.1 Å². The molecule has 8 heteroatoms.